The maximum Gasteiger partial charge on any atom is 0.277 e. The Kier molecular flexibility index (Phi) is 3.52. The molecule has 0 aliphatic rings. The van der Waals surface area contributed by atoms with Crippen LogP contribution in [-0.2, 0) is 0 Å². The van der Waals surface area contributed by atoms with Gasteiger partial charge in [-0.25, -0.2) is 4.98 Å². The predicted molar refractivity (Wildman–Crippen MR) is 123 cm³/mol. The fourth-order valence-corrected chi connectivity index (χ4v) is 4.63. The van der Waals surface area contributed by atoms with Gasteiger partial charge in [-0.3, -0.25) is 10.1 Å². The van der Waals surface area contributed by atoms with Crippen molar-refractivity contribution in [2.75, 3.05) is 0 Å². The molecular weight excluding hydrogens is 444 g/mol. The Balaban J connectivity index is 1.77. The van der Waals surface area contributed by atoms with Crippen LogP contribution in [0.1, 0.15) is 0 Å². The number of hydrogen-bond donors (Lipinski definition) is 2. The van der Waals surface area contributed by atoms with Crippen molar-refractivity contribution in [3.63, 3.8) is 0 Å². The number of non-ortho nitro benzene ring substituents is 1. The van der Waals surface area contributed by atoms with Crippen LogP contribution in [0.15, 0.2) is 71.3 Å². The zero-order valence-corrected chi connectivity index (χ0v) is 17.0. The number of H-pyrrole nitrogens is 2. The predicted octanol–water partition coefficient (Wildman–Crippen LogP) is 6.69. The van der Waals surface area contributed by atoms with E-state index in [4.69, 9.17) is 4.98 Å². The molecule has 2 N–H and O–H groups in total. The Bertz CT molecular complexity index is 1650. The Hall–Kier alpha value is -3.71. The molecule has 6 aromatic rings. The molecule has 0 saturated carbocycles. The maximum atomic E-state index is 11.7. The van der Waals surface area contributed by atoms with E-state index >= 15 is 0 Å². The Morgan fingerprint density at radius 3 is 2.57 bits per heavy atom. The van der Waals surface area contributed by atoms with E-state index in [1.807, 2.05) is 48.7 Å². The van der Waals surface area contributed by atoms with Crippen LogP contribution in [0.4, 0.5) is 5.69 Å². The summed E-state index contributed by atoms with van der Waals surface area (Å²) in [7, 11) is 0. The van der Waals surface area contributed by atoms with Gasteiger partial charge in [-0.2, -0.15) is 0 Å². The van der Waals surface area contributed by atoms with Crippen molar-refractivity contribution in [1.82, 2.24) is 15.0 Å². The molecule has 0 unspecified atom stereocenters. The average Bonchev–Trinajstić information content (AvgIpc) is 3.37. The molecule has 0 fully saturated rings. The zero-order chi connectivity index (χ0) is 20.4. The second-order valence-corrected chi connectivity index (χ2v) is 8.12. The number of benzene rings is 4. The number of aromatic nitrogens is 3. The standard InChI is InChI=1S/C23H13BrN4O2/c24-12-8-9-18-16(10-12)17(11-25-18)23-26-21-14-5-2-1-4-13(14)20-15(22(21)27-23)6-3-7-19(20)28(29)30/h1-11,25H,(H,26,27). The lowest BCUT2D eigenvalue weighted by molar-refractivity contribution is -0.383. The van der Waals surface area contributed by atoms with Crippen LogP contribution in [0.25, 0.3) is 54.9 Å². The molecule has 7 heteroatoms. The van der Waals surface area contributed by atoms with E-state index in [-0.39, 0.29) is 10.6 Å². The van der Waals surface area contributed by atoms with Crippen molar-refractivity contribution in [3.8, 4) is 11.4 Å². The SMILES string of the molecule is O=[N+]([O-])c1cccc2c3nc(-c4c[nH]c5ccc(Br)cc45)[nH]c3c3ccccc3c12. The van der Waals surface area contributed by atoms with Crippen LogP contribution in [0.5, 0.6) is 0 Å². The van der Waals surface area contributed by atoms with E-state index in [9.17, 15) is 10.1 Å². The second-order valence-electron chi connectivity index (χ2n) is 7.20. The van der Waals surface area contributed by atoms with Crippen LogP contribution in [0.2, 0.25) is 0 Å². The maximum absolute atomic E-state index is 11.7. The third kappa shape index (κ3) is 2.32. The van der Waals surface area contributed by atoms with Gasteiger partial charge in [-0.1, -0.05) is 52.3 Å². The number of nitro benzene ring substituents is 1. The number of hydrogen-bond acceptors (Lipinski definition) is 3. The van der Waals surface area contributed by atoms with Gasteiger partial charge in [0, 0.05) is 44.0 Å². The summed E-state index contributed by atoms with van der Waals surface area (Å²) in [6, 6.07) is 18.9. The number of imidazole rings is 1. The fourth-order valence-electron chi connectivity index (χ4n) is 4.27. The van der Waals surface area contributed by atoms with Gasteiger partial charge < -0.3 is 9.97 Å². The monoisotopic (exact) mass is 456 g/mol. The van der Waals surface area contributed by atoms with Crippen LogP contribution in [0, 0.1) is 10.1 Å². The molecule has 0 radical (unpaired) electrons. The summed E-state index contributed by atoms with van der Waals surface area (Å²) >= 11 is 3.54. The molecule has 0 aliphatic heterocycles. The second kappa shape index (κ2) is 6.14. The number of nitrogens with one attached hydrogen (secondary N) is 2. The van der Waals surface area contributed by atoms with Gasteiger partial charge in [0.15, 0.2) is 0 Å². The molecule has 144 valence electrons. The van der Waals surface area contributed by atoms with Gasteiger partial charge in [0.05, 0.1) is 21.3 Å². The summed E-state index contributed by atoms with van der Waals surface area (Å²) in [5, 5.41) is 15.9. The van der Waals surface area contributed by atoms with E-state index in [0.717, 1.165) is 54.0 Å². The topological polar surface area (TPSA) is 87.6 Å². The average molecular weight is 457 g/mol. The number of aromatic amines is 2. The van der Waals surface area contributed by atoms with Crippen molar-refractivity contribution in [1.29, 1.82) is 0 Å². The summed E-state index contributed by atoms with van der Waals surface area (Å²) in [4.78, 5) is 23.1. The van der Waals surface area contributed by atoms with E-state index in [2.05, 4.69) is 32.0 Å². The molecule has 0 atom stereocenters. The van der Waals surface area contributed by atoms with Crippen molar-refractivity contribution in [3.05, 3.63) is 81.4 Å². The number of fused-ring (bicyclic) bond motifs is 7. The molecule has 6 rings (SSSR count). The summed E-state index contributed by atoms with van der Waals surface area (Å²) in [5.41, 5.74) is 3.65. The lowest BCUT2D eigenvalue weighted by atomic mass is 9.99. The van der Waals surface area contributed by atoms with Gasteiger partial charge >= 0.3 is 0 Å². The molecule has 0 saturated heterocycles. The van der Waals surface area contributed by atoms with Gasteiger partial charge in [-0.15, -0.1) is 0 Å². The van der Waals surface area contributed by atoms with E-state index < -0.39 is 0 Å². The smallest absolute Gasteiger partial charge is 0.277 e. The van der Waals surface area contributed by atoms with Crippen molar-refractivity contribution in [2.45, 2.75) is 0 Å². The van der Waals surface area contributed by atoms with Crippen molar-refractivity contribution in [2.24, 2.45) is 0 Å². The van der Waals surface area contributed by atoms with Crippen LogP contribution in [0.3, 0.4) is 0 Å². The van der Waals surface area contributed by atoms with E-state index in [1.165, 1.54) is 0 Å². The lowest BCUT2D eigenvalue weighted by Gasteiger charge is -2.06. The Morgan fingerprint density at radius 1 is 0.933 bits per heavy atom. The minimum atomic E-state index is -0.328. The summed E-state index contributed by atoms with van der Waals surface area (Å²) in [5.74, 6) is 0.721. The first-order valence-corrected chi connectivity index (χ1v) is 10.2. The van der Waals surface area contributed by atoms with E-state index in [0.29, 0.717) is 5.39 Å². The zero-order valence-electron chi connectivity index (χ0n) is 15.4. The Morgan fingerprint density at radius 2 is 1.73 bits per heavy atom. The number of halogens is 1. The minimum Gasteiger partial charge on any atom is -0.360 e. The number of nitrogens with zero attached hydrogens (tertiary/aromatic N) is 2. The summed E-state index contributed by atoms with van der Waals surface area (Å²) in [6.45, 7) is 0. The minimum absolute atomic E-state index is 0.0891. The molecule has 0 aliphatic carbocycles. The van der Waals surface area contributed by atoms with Crippen LogP contribution < -0.4 is 0 Å². The van der Waals surface area contributed by atoms with Gasteiger partial charge in [0.25, 0.3) is 5.69 Å². The first-order chi connectivity index (χ1) is 14.6. The molecule has 4 aromatic carbocycles. The molecule has 0 bridgehead atoms. The van der Waals surface area contributed by atoms with E-state index in [1.54, 1.807) is 12.1 Å². The molecular formula is C23H13BrN4O2. The highest BCUT2D eigenvalue weighted by Crippen LogP contribution is 2.40. The van der Waals surface area contributed by atoms with Crippen LogP contribution >= 0.6 is 15.9 Å². The highest BCUT2D eigenvalue weighted by molar-refractivity contribution is 9.10. The summed E-state index contributed by atoms with van der Waals surface area (Å²) < 4.78 is 0.985. The third-order valence-electron chi connectivity index (χ3n) is 5.56. The first kappa shape index (κ1) is 17.2. The molecule has 2 heterocycles. The highest BCUT2D eigenvalue weighted by atomic mass is 79.9. The summed E-state index contributed by atoms with van der Waals surface area (Å²) in [6.07, 6.45) is 1.93. The van der Waals surface area contributed by atoms with Crippen molar-refractivity contribution < 1.29 is 4.92 Å². The lowest BCUT2D eigenvalue weighted by Crippen LogP contribution is -1.91. The number of nitro groups is 1. The highest BCUT2D eigenvalue weighted by Gasteiger charge is 2.20. The molecule has 30 heavy (non-hydrogen) atoms. The largest absolute Gasteiger partial charge is 0.360 e. The quantitative estimate of drug-likeness (QED) is 0.173. The fraction of sp³-hybridized carbons (Fsp3) is 0. The van der Waals surface area contributed by atoms with Crippen molar-refractivity contribution >= 4 is 65.1 Å². The molecule has 0 spiro atoms. The third-order valence-corrected chi connectivity index (χ3v) is 6.06. The molecule has 0 amide bonds. The van der Waals surface area contributed by atoms with Gasteiger partial charge in [-0.05, 0) is 23.6 Å². The normalized spacial score (nSPS) is 11.8. The Labute approximate surface area is 177 Å². The molecule has 6 nitrogen and oxygen atoms in total. The van der Waals surface area contributed by atoms with Gasteiger partial charge in [0.1, 0.15) is 5.82 Å². The van der Waals surface area contributed by atoms with Gasteiger partial charge in [0.2, 0.25) is 0 Å². The molecule has 2 aromatic heterocycles. The number of rotatable bonds is 2. The first-order valence-electron chi connectivity index (χ1n) is 9.36. The van der Waals surface area contributed by atoms with Crippen LogP contribution in [-0.4, -0.2) is 19.9 Å².